The summed E-state index contributed by atoms with van der Waals surface area (Å²) >= 11 is 0. The molecule has 3 aromatic carbocycles. The average Bonchev–Trinajstić information content (AvgIpc) is 2.67. The van der Waals surface area contributed by atoms with Gasteiger partial charge in [0.15, 0.2) is 10.9 Å². The van der Waals surface area contributed by atoms with Gasteiger partial charge in [-0.1, -0.05) is 12.1 Å². The second-order valence-corrected chi connectivity index (χ2v) is 8.85. The molecule has 0 fully saturated rings. The largest absolute Gasteiger partial charge is 0.354 e. The Kier molecular flexibility index (Phi) is 3.71. The number of benzene rings is 3. The Balaban J connectivity index is 2.05. The Labute approximate surface area is 169 Å². The molecular formula is C22H16N2O5S. The topological polar surface area (TPSA) is 120 Å². The molecule has 0 bridgehead atoms. The number of hydrogen-bond donors (Lipinski definition) is 3. The monoisotopic (exact) mass is 420 g/mol. The zero-order valence-electron chi connectivity index (χ0n) is 16.0. The zero-order valence-corrected chi connectivity index (χ0v) is 16.8. The van der Waals surface area contributed by atoms with Gasteiger partial charge in [0.25, 0.3) is 10.1 Å². The van der Waals surface area contributed by atoms with Crippen LogP contribution in [0, 0.1) is 13.8 Å². The fraction of sp³-hybridized carbons (Fsp3) is 0.0909. The molecule has 5 rings (SSSR count). The predicted molar refractivity (Wildman–Crippen MR) is 117 cm³/mol. The minimum Gasteiger partial charge on any atom is -0.354 e. The van der Waals surface area contributed by atoms with E-state index in [2.05, 4.69) is 9.97 Å². The lowest BCUT2D eigenvalue weighted by Crippen LogP contribution is -2.12. The zero-order chi connectivity index (χ0) is 21.4. The van der Waals surface area contributed by atoms with E-state index in [1.165, 1.54) is 12.1 Å². The number of hydrogen-bond acceptors (Lipinski definition) is 4. The molecule has 5 aromatic rings. The third-order valence-corrected chi connectivity index (χ3v) is 6.42. The van der Waals surface area contributed by atoms with Crippen LogP contribution >= 0.6 is 0 Å². The molecule has 2 heterocycles. The van der Waals surface area contributed by atoms with E-state index in [0.29, 0.717) is 32.9 Å². The Bertz CT molecular complexity index is 1780. The van der Waals surface area contributed by atoms with E-state index < -0.39 is 20.4 Å². The molecule has 0 saturated heterocycles. The second-order valence-electron chi connectivity index (χ2n) is 7.46. The lowest BCUT2D eigenvalue weighted by atomic mass is 10.00. The number of rotatable bonds is 1. The molecule has 0 atom stereocenters. The summed E-state index contributed by atoms with van der Waals surface area (Å²) in [5.74, 6) is 0. The number of H-pyrrole nitrogens is 2. The Hall–Kier alpha value is -3.49. The summed E-state index contributed by atoms with van der Waals surface area (Å²) in [4.78, 5) is 32.3. The highest BCUT2D eigenvalue weighted by Gasteiger charge is 2.20. The van der Waals surface area contributed by atoms with Crippen molar-refractivity contribution < 1.29 is 13.0 Å². The second kappa shape index (κ2) is 6.01. The molecule has 0 aliphatic heterocycles. The number of fused-ring (bicyclic) bond motifs is 4. The van der Waals surface area contributed by atoms with Crippen LogP contribution in [0.5, 0.6) is 0 Å². The molecule has 2 aromatic heterocycles. The number of aryl methyl sites for hydroxylation is 2. The van der Waals surface area contributed by atoms with Crippen molar-refractivity contribution in [3.63, 3.8) is 0 Å². The van der Waals surface area contributed by atoms with Crippen LogP contribution in [0.15, 0.2) is 56.9 Å². The van der Waals surface area contributed by atoms with Crippen molar-refractivity contribution >= 4 is 53.7 Å². The van der Waals surface area contributed by atoms with Crippen molar-refractivity contribution in [3.8, 4) is 0 Å². The lowest BCUT2D eigenvalue weighted by molar-refractivity contribution is 0.484. The van der Waals surface area contributed by atoms with E-state index in [-0.39, 0.29) is 21.7 Å². The van der Waals surface area contributed by atoms with Gasteiger partial charge in [-0.25, -0.2) is 0 Å². The first-order valence-corrected chi connectivity index (χ1v) is 10.6. The molecule has 0 unspecified atom stereocenters. The van der Waals surface area contributed by atoms with Gasteiger partial charge in [0.1, 0.15) is 4.90 Å². The van der Waals surface area contributed by atoms with Gasteiger partial charge in [-0.2, -0.15) is 8.42 Å². The quantitative estimate of drug-likeness (QED) is 0.283. The van der Waals surface area contributed by atoms with Gasteiger partial charge >= 0.3 is 0 Å². The van der Waals surface area contributed by atoms with E-state index in [1.807, 2.05) is 19.1 Å². The molecule has 8 heteroatoms. The summed E-state index contributed by atoms with van der Waals surface area (Å²) in [6, 6.07) is 11.2. The summed E-state index contributed by atoms with van der Waals surface area (Å²) in [6.45, 7) is 3.66. The molecule has 0 amide bonds. The maximum atomic E-state index is 13.3. The van der Waals surface area contributed by atoms with E-state index in [1.54, 1.807) is 25.1 Å². The van der Waals surface area contributed by atoms with Crippen LogP contribution in [0.2, 0.25) is 0 Å². The third kappa shape index (κ3) is 2.51. The van der Waals surface area contributed by atoms with Crippen LogP contribution in [0.25, 0.3) is 43.6 Å². The molecule has 0 saturated carbocycles. The number of aromatic nitrogens is 2. The Morgan fingerprint density at radius 3 is 2.27 bits per heavy atom. The molecule has 30 heavy (non-hydrogen) atoms. The summed E-state index contributed by atoms with van der Waals surface area (Å²) in [5, 5.41) is 1.11. The van der Waals surface area contributed by atoms with E-state index in [4.69, 9.17) is 0 Å². The number of nitrogens with one attached hydrogen (secondary N) is 2. The fourth-order valence-electron chi connectivity index (χ4n) is 4.14. The standard InChI is InChI=1S/C22H16N2O5S/c1-10-6-7-12-15(8-10)23-16-9-13-20(11(2)18(16)21(12)25)24-14-4-3-5-17(30(27,28)29)19(14)22(13)26/h3-9H,1-2H3,(H,23,25)(H,24,26)(H,27,28,29). The molecule has 0 aliphatic rings. The summed E-state index contributed by atoms with van der Waals surface area (Å²) in [7, 11) is -4.59. The molecule has 7 nitrogen and oxygen atoms in total. The first-order valence-electron chi connectivity index (χ1n) is 9.19. The maximum absolute atomic E-state index is 13.3. The Morgan fingerprint density at radius 2 is 1.53 bits per heavy atom. The smallest absolute Gasteiger partial charge is 0.295 e. The van der Waals surface area contributed by atoms with Gasteiger partial charge in [0.2, 0.25) is 0 Å². The first kappa shape index (κ1) is 18.5. The van der Waals surface area contributed by atoms with Crippen molar-refractivity contribution in [2.24, 2.45) is 0 Å². The van der Waals surface area contributed by atoms with Crippen LogP contribution in [-0.4, -0.2) is 22.9 Å². The predicted octanol–water partition coefficient (Wildman–Crippen LogP) is 3.54. The molecule has 0 radical (unpaired) electrons. The molecule has 0 spiro atoms. The van der Waals surface area contributed by atoms with Crippen molar-refractivity contribution in [2.75, 3.05) is 0 Å². The van der Waals surface area contributed by atoms with Crippen LogP contribution < -0.4 is 10.9 Å². The van der Waals surface area contributed by atoms with E-state index >= 15 is 0 Å². The summed E-state index contributed by atoms with van der Waals surface area (Å²) in [5.41, 5.74) is 2.73. The molecule has 0 aliphatic carbocycles. The summed E-state index contributed by atoms with van der Waals surface area (Å²) in [6.07, 6.45) is 0. The molecule has 3 N–H and O–H groups in total. The summed E-state index contributed by atoms with van der Waals surface area (Å²) < 4.78 is 33.1. The minimum atomic E-state index is -4.59. The third-order valence-electron chi connectivity index (χ3n) is 5.53. The maximum Gasteiger partial charge on any atom is 0.295 e. The highest BCUT2D eigenvalue weighted by atomic mass is 32.2. The highest BCUT2D eigenvalue weighted by molar-refractivity contribution is 7.86. The van der Waals surface area contributed by atoms with Crippen molar-refractivity contribution in [1.82, 2.24) is 9.97 Å². The SMILES string of the molecule is Cc1ccc2c(=O)c3c(C)c4[nH]c5cccc(S(=O)(=O)O)c5c(=O)c4cc3[nH]c2c1. The number of aromatic amines is 2. The first-order chi connectivity index (χ1) is 14.2. The normalized spacial score (nSPS) is 12.4. The fourth-order valence-corrected chi connectivity index (χ4v) is 4.85. The van der Waals surface area contributed by atoms with Crippen LogP contribution in [-0.2, 0) is 10.1 Å². The minimum absolute atomic E-state index is 0.120. The van der Waals surface area contributed by atoms with Gasteiger partial charge in [-0.3, -0.25) is 14.1 Å². The van der Waals surface area contributed by atoms with Crippen molar-refractivity contribution in [1.29, 1.82) is 0 Å². The molecular weight excluding hydrogens is 404 g/mol. The van der Waals surface area contributed by atoms with Gasteiger partial charge in [-0.15, -0.1) is 0 Å². The van der Waals surface area contributed by atoms with Gasteiger partial charge in [-0.05, 0) is 55.3 Å². The van der Waals surface area contributed by atoms with Crippen LogP contribution in [0.1, 0.15) is 11.1 Å². The molecule has 150 valence electrons. The van der Waals surface area contributed by atoms with Crippen LogP contribution in [0.3, 0.4) is 0 Å². The van der Waals surface area contributed by atoms with E-state index in [9.17, 15) is 22.6 Å². The van der Waals surface area contributed by atoms with Gasteiger partial charge in [0.05, 0.1) is 27.3 Å². The Morgan fingerprint density at radius 1 is 0.800 bits per heavy atom. The van der Waals surface area contributed by atoms with E-state index in [0.717, 1.165) is 5.56 Å². The van der Waals surface area contributed by atoms with Crippen molar-refractivity contribution in [2.45, 2.75) is 18.7 Å². The lowest BCUT2D eigenvalue weighted by Gasteiger charge is -2.11. The number of pyridine rings is 2. The van der Waals surface area contributed by atoms with Crippen LogP contribution in [0.4, 0.5) is 0 Å². The van der Waals surface area contributed by atoms with Crippen molar-refractivity contribution in [3.05, 3.63) is 74.0 Å². The highest BCUT2D eigenvalue weighted by Crippen LogP contribution is 2.27. The van der Waals surface area contributed by atoms with Gasteiger partial charge in [0, 0.05) is 16.3 Å². The average molecular weight is 420 g/mol. The van der Waals surface area contributed by atoms with Gasteiger partial charge < -0.3 is 9.97 Å².